The van der Waals surface area contributed by atoms with E-state index >= 15 is 0 Å². The minimum absolute atomic E-state index is 0.0816. The molecule has 160 valence electrons. The molecule has 0 saturated carbocycles. The average molecular weight is 447 g/mol. The molecule has 2 aromatic rings. The molecule has 3 heterocycles. The minimum Gasteiger partial charge on any atom is -0.454 e. The van der Waals surface area contributed by atoms with Gasteiger partial charge in [0.1, 0.15) is 11.9 Å². The molecule has 2 aromatic carbocycles. The summed E-state index contributed by atoms with van der Waals surface area (Å²) < 4.78 is 10.6. The van der Waals surface area contributed by atoms with Crippen molar-refractivity contribution in [3.63, 3.8) is 0 Å². The van der Waals surface area contributed by atoms with Gasteiger partial charge in [0.15, 0.2) is 16.7 Å². The topological polar surface area (TPSA) is 116 Å². The van der Waals surface area contributed by atoms with Crippen molar-refractivity contribution in [1.82, 2.24) is 10.2 Å². The van der Waals surface area contributed by atoms with Crippen LogP contribution in [-0.2, 0) is 16.1 Å². The monoisotopic (exact) mass is 447 g/mol. The number of para-hydroxylation sites is 1. The molecule has 10 heteroatoms. The fourth-order valence-corrected chi connectivity index (χ4v) is 4.29. The Balaban J connectivity index is 1.30. The Labute approximate surface area is 187 Å². The summed E-state index contributed by atoms with van der Waals surface area (Å²) in [5.41, 5.74) is 2.27. The molecule has 0 spiro atoms. The summed E-state index contributed by atoms with van der Waals surface area (Å²) in [6.07, 6.45) is -0.0816. The summed E-state index contributed by atoms with van der Waals surface area (Å²) >= 11 is 1.17. The maximum atomic E-state index is 13.1. The van der Waals surface area contributed by atoms with Gasteiger partial charge in [-0.15, -0.1) is 0 Å². The second kappa shape index (κ2) is 8.36. The van der Waals surface area contributed by atoms with Crippen molar-refractivity contribution in [2.75, 3.05) is 12.5 Å². The third-order valence-corrected chi connectivity index (χ3v) is 5.92. The number of fused-ring (bicyclic) bond motifs is 4. The fourth-order valence-electron chi connectivity index (χ4n) is 3.63. The molecule has 1 N–H and O–H groups in total. The lowest BCUT2D eigenvalue weighted by Gasteiger charge is -2.25. The van der Waals surface area contributed by atoms with Crippen LogP contribution in [0.4, 0.5) is 5.69 Å². The first kappa shape index (κ1) is 20.1. The molecule has 0 unspecified atom stereocenters. The molecule has 2 amide bonds. The predicted molar refractivity (Wildman–Crippen MR) is 118 cm³/mol. The van der Waals surface area contributed by atoms with Crippen molar-refractivity contribution in [3.05, 3.63) is 53.6 Å². The molecule has 3 aliphatic rings. The number of thioether (sulfide) groups is 1. The summed E-state index contributed by atoms with van der Waals surface area (Å²) in [4.78, 5) is 36.1. The average Bonchev–Trinajstić information content (AvgIpc) is 3.40. The number of carbonyl (C=O) groups is 2. The van der Waals surface area contributed by atoms with Gasteiger partial charge in [0.05, 0.1) is 23.9 Å². The van der Waals surface area contributed by atoms with E-state index in [4.69, 9.17) is 14.7 Å². The molecule has 5 rings (SSSR count). The molecule has 0 bridgehead atoms. The number of hydrogen-bond donors (Lipinski definition) is 1. The van der Waals surface area contributed by atoms with Gasteiger partial charge in [-0.05, 0) is 29.8 Å². The van der Waals surface area contributed by atoms with Crippen molar-refractivity contribution in [2.24, 2.45) is 9.98 Å². The van der Waals surface area contributed by atoms with Crippen LogP contribution in [-0.4, -0.2) is 46.3 Å². The van der Waals surface area contributed by atoms with Crippen molar-refractivity contribution in [3.8, 4) is 17.6 Å². The van der Waals surface area contributed by atoms with E-state index in [0.717, 1.165) is 11.1 Å². The zero-order chi connectivity index (χ0) is 22.1. The first-order valence-corrected chi connectivity index (χ1v) is 10.9. The molecule has 3 aliphatic heterocycles. The third-order valence-electron chi connectivity index (χ3n) is 5.12. The van der Waals surface area contributed by atoms with Gasteiger partial charge in [-0.3, -0.25) is 14.6 Å². The standard InChI is InChI=1S/C22H17N5O4S/c23-7-8-32-22-26-15-4-2-1-3-14(15)20-25-16(21(29)27(20)22)10-19(28)24-11-13-5-6-17-18(9-13)31-12-30-17/h1-6,9,16H,8,10-12H2,(H,24,28)/t16-/m1/s1. The fraction of sp³-hybridized carbons (Fsp3) is 0.227. The zero-order valence-corrected chi connectivity index (χ0v) is 17.6. The van der Waals surface area contributed by atoms with Gasteiger partial charge in [-0.1, -0.05) is 30.0 Å². The number of nitrogens with one attached hydrogen (secondary N) is 1. The van der Waals surface area contributed by atoms with E-state index < -0.39 is 6.04 Å². The molecule has 0 aliphatic carbocycles. The van der Waals surface area contributed by atoms with Crippen molar-refractivity contribution >= 4 is 40.3 Å². The maximum Gasteiger partial charge on any atom is 0.259 e. The zero-order valence-electron chi connectivity index (χ0n) is 16.8. The van der Waals surface area contributed by atoms with E-state index in [2.05, 4.69) is 15.3 Å². The van der Waals surface area contributed by atoms with Crippen LogP contribution in [0, 0.1) is 11.3 Å². The van der Waals surface area contributed by atoms with Crippen LogP contribution < -0.4 is 14.8 Å². The largest absolute Gasteiger partial charge is 0.454 e. The van der Waals surface area contributed by atoms with E-state index in [1.807, 2.05) is 42.5 Å². The van der Waals surface area contributed by atoms with Gasteiger partial charge in [-0.25, -0.2) is 9.89 Å². The maximum absolute atomic E-state index is 13.1. The Hall–Kier alpha value is -3.84. The number of benzene rings is 2. The number of amidine groups is 2. The first-order valence-electron chi connectivity index (χ1n) is 9.89. The van der Waals surface area contributed by atoms with E-state index in [-0.39, 0.29) is 30.8 Å². The molecule has 32 heavy (non-hydrogen) atoms. The van der Waals surface area contributed by atoms with E-state index in [1.165, 1.54) is 16.7 Å². The molecular weight excluding hydrogens is 430 g/mol. The van der Waals surface area contributed by atoms with Crippen LogP contribution >= 0.6 is 11.8 Å². The van der Waals surface area contributed by atoms with E-state index in [0.29, 0.717) is 34.7 Å². The van der Waals surface area contributed by atoms with Gasteiger partial charge in [0.2, 0.25) is 12.7 Å². The molecule has 9 nitrogen and oxygen atoms in total. The third kappa shape index (κ3) is 3.67. The van der Waals surface area contributed by atoms with E-state index in [9.17, 15) is 9.59 Å². The number of nitrogens with zero attached hydrogens (tertiary/aromatic N) is 4. The summed E-state index contributed by atoms with van der Waals surface area (Å²) in [6.45, 7) is 0.483. The lowest BCUT2D eigenvalue weighted by Crippen LogP contribution is -2.42. The van der Waals surface area contributed by atoms with Crippen LogP contribution in [0.25, 0.3) is 0 Å². The number of nitriles is 1. The highest BCUT2D eigenvalue weighted by atomic mass is 32.2. The molecular formula is C22H17N5O4S. The summed E-state index contributed by atoms with van der Waals surface area (Å²) in [7, 11) is 0. The van der Waals surface area contributed by atoms with Gasteiger partial charge in [0, 0.05) is 12.1 Å². The Morgan fingerprint density at radius 1 is 1.25 bits per heavy atom. The normalized spacial score (nSPS) is 17.8. The SMILES string of the molecule is N#CCSC1=Nc2ccccc2C2=N[C@H](CC(=O)NCc3ccc4c(c3)OCO4)C(=O)N12. The van der Waals surface area contributed by atoms with Gasteiger partial charge >= 0.3 is 0 Å². The number of hydrogen-bond acceptors (Lipinski definition) is 8. The highest BCUT2D eigenvalue weighted by Gasteiger charge is 2.42. The minimum atomic E-state index is -0.846. The summed E-state index contributed by atoms with van der Waals surface area (Å²) in [5, 5.41) is 12.2. The lowest BCUT2D eigenvalue weighted by molar-refractivity contribution is -0.128. The number of ether oxygens (including phenoxy) is 2. The number of amides is 2. The van der Waals surface area contributed by atoms with Crippen LogP contribution in [0.5, 0.6) is 11.5 Å². The summed E-state index contributed by atoms with van der Waals surface area (Å²) in [5.74, 6) is 1.33. The predicted octanol–water partition coefficient (Wildman–Crippen LogP) is 2.34. The van der Waals surface area contributed by atoms with Crippen molar-refractivity contribution in [1.29, 1.82) is 5.26 Å². The molecule has 0 radical (unpaired) electrons. The number of carbonyl (C=O) groups excluding carboxylic acids is 2. The van der Waals surface area contributed by atoms with Crippen molar-refractivity contribution in [2.45, 2.75) is 19.0 Å². The van der Waals surface area contributed by atoms with Gasteiger partial charge < -0.3 is 14.8 Å². The number of aliphatic imine (C=N–C) groups is 2. The molecule has 1 atom stereocenters. The Bertz CT molecular complexity index is 1220. The lowest BCUT2D eigenvalue weighted by atomic mass is 10.1. The van der Waals surface area contributed by atoms with Crippen LogP contribution in [0.3, 0.4) is 0 Å². The van der Waals surface area contributed by atoms with Gasteiger partial charge in [-0.2, -0.15) is 5.26 Å². The second-order valence-corrected chi connectivity index (χ2v) is 8.11. The highest BCUT2D eigenvalue weighted by Crippen LogP contribution is 2.34. The Morgan fingerprint density at radius 2 is 2.09 bits per heavy atom. The molecule has 0 saturated heterocycles. The smallest absolute Gasteiger partial charge is 0.259 e. The van der Waals surface area contributed by atoms with Crippen LogP contribution in [0.2, 0.25) is 0 Å². The van der Waals surface area contributed by atoms with Crippen LogP contribution in [0.15, 0.2) is 52.4 Å². The number of rotatable bonds is 5. The Morgan fingerprint density at radius 3 is 2.97 bits per heavy atom. The second-order valence-electron chi connectivity index (χ2n) is 7.17. The first-order chi connectivity index (χ1) is 15.6. The van der Waals surface area contributed by atoms with Crippen LogP contribution in [0.1, 0.15) is 17.5 Å². The Kier molecular flexibility index (Phi) is 5.25. The summed E-state index contributed by atoms with van der Waals surface area (Å²) in [6, 6.07) is 14.0. The molecule has 0 aromatic heterocycles. The van der Waals surface area contributed by atoms with Gasteiger partial charge in [0.25, 0.3) is 5.91 Å². The van der Waals surface area contributed by atoms with Crippen molar-refractivity contribution < 1.29 is 19.1 Å². The van der Waals surface area contributed by atoms with E-state index in [1.54, 1.807) is 6.07 Å². The quantitative estimate of drug-likeness (QED) is 0.752. The molecule has 0 fully saturated rings. The highest BCUT2D eigenvalue weighted by molar-refractivity contribution is 8.14.